The Bertz CT molecular complexity index is 827. The topological polar surface area (TPSA) is 59.6 Å². The van der Waals surface area contributed by atoms with Crippen LogP contribution in [0.3, 0.4) is 0 Å². The van der Waals surface area contributed by atoms with Crippen LogP contribution >= 0.6 is 11.6 Å². The van der Waals surface area contributed by atoms with Crippen molar-refractivity contribution >= 4 is 28.3 Å². The summed E-state index contributed by atoms with van der Waals surface area (Å²) in [7, 11) is -1.35. The van der Waals surface area contributed by atoms with Crippen LogP contribution in [0.4, 0.5) is 5.69 Å². The predicted molar refractivity (Wildman–Crippen MR) is 107 cm³/mol. The number of ether oxygens (including phenoxy) is 2. The molecular weight excluding hydrogens is 384 g/mol. The fourth-order valence-electron chi connectivity index (χ4n) is 3.51. The average molecular weight is 407 g/mol. The Balaban J connectivity index is 1.53. The molecule has 2 N–H and O–H groups in total. The molecule has 2 aliphatic heterocycles. The van der Waals surface area contributed by atoms with Crippen molar-refractivity contribution in [3.8, 4) is 0 Å². The van der Waals surface area contributed by atoms with Crippen molar-refractivity contribution in [2.45, 2.75) is 36.5 Å². The summed E-state index contributed by atoms with van der Waals surface area (Å²) >= 11 is 6.16. The quantitative estimate of drug-likeness (QED) is 0.736. The average Bonchev–Trinajstić information content (AvgIpc) is 2.80. The van der Waals surface area contributed by atoms with Crippen molar-refractivity contribution < 1.29 is 13.7 Å². The summed E-state index contributed by atoms with van der Waals surface area (Å²) in [5.74, 6) is 0. The van der Waals surface area contributed by atoms with Crippen LogP contribution in [0.25, 0.3) is 0 Å². The second-order valence-electron chi connectivity index (χ2n) is 6.69. The smallest absolute Gasteiger partial charge is 0.157 e. The highest BCUT2D eigenvalue weighted by molar-refractivity contribution is 7.86. The van der Waals surface area contributed by atoms with Gasteiger partial charge in [-0.2, -0.15) is 0 Å². The van der Waals surface area contributed by atoms with Gasteiger partial charge in [0.25, 0.3) is 0 Å². The zero-order chi connectivity index (χ0) is 18.6. The third-order valence-corrected chi connectivity index (χ3v) is 6.22. The summed E-state index contributed by atoms with van der Waals surface area (Å²) < 4.78 is 27.1. The number of fused-ring (bicyclic) bond motifs is 2. The Kier molecular flexibility index (Phi) is 6.10. The fraction of sp³-hybridized carbons (Fsp3) is 0.400. The summed E-state index contributed by atoms with van der Waals surface area (Å²) in [6, 6.07) is 13.5. The van der Waals surface area contributed by atoms with Gasteiger partial charge in [0.1, 0.15) is 0 Å². The molecule has 2 atom stereocenters. The lowest BCUT2D eigenvalue weighted by atomic mass is 9.97. The predicted octanol–water partition coefficient (Wildman–Crippen LogP) is 4.01. The number of halogens is 1. The zero-order valence-electron chi connectivity index (χ0n) is 14.9. The summed E-state index contributed by atoms with van der Waals surface area (Å²) in [5.41, 5.74) is 2.94. The molecule has 0 radical (unpaired) electrons. The number of hydrogen-bond acceptors (Lipinski definition) is 4. The maximum Gasteiger partial charge on any atom is 0.157 e. The number of anilines is 1. The minimum Gasteiger partial charge on any atom is -0.353 e. The van der Waals surface area contributed by atoms with E-state index in [9.17, 15) is 4.21 Å². The van der Waals surface area contributed by atoms with Crippen LogP contribution in [0, 0.1) is 0 Å². The van der Waals surface area contributed by atoms with E-state index in [0.29, 0.717) is 5.02 Å². The first-order valence-corrected chi connectivity index (χ1v) is 10.8. The molecule has 1 fully saturated rings. The summed E-state index contributed by atoms with van der Waals surface area (Å²) in [6.07, 6.45) is 2.67. The van der Waals surface area contributed by atoms with Gasteiger partial charge in [-0.1, -0.05) is 35.9 Å². The van der Waals surface area contributed by atoms with Gasteiger partial charge in [-0.05, 0) is 55.1 Å². The second-order valence-corrected chi connectivity index (χ2v) is 8.31. The standard InChI is InChI=1S/C20H23ClN2O3S/c21-14-8-9-16-18(13-14)27(24)23-17-6-2-1-5-15(17)20(16)22-10-3-7-19-25-11-4-12-26-19/h1-2,5-6,8-9,13,19-20,22-23H,3-4,7,10-12H2. The first-order valence-electron chi connectivity index (χ1n) is 9.26. The van der Waals surface area contributed by atoms with Crippen LogP contribution in [0.2, 0.25) is 5.02 Å². The molecule has 144 valence electrons. The molecule has 4 rings (SSSR count). The van der Waals surface area contributed by atoms with Gasteiger partial charge in [-0.15, -0.1) is 0 Å². The van der Waals surface area contributed by atoms with Crippen molar-refractivity contribution in [3.63, 3.8) is 0 Å². The Morgan fingerprint density at radius 3 is 2.81 bits per heavy atom. The van der Waals surface area contributed by atoms with Crippen molar-refractivity contribution in [2.24, 2.45) is 0 Å². The molecule has 1 saturated heterocycles. The Morgan fingerprint density at radius 1 is 1.15 bits per heavy atom. The SMILES string of the molecule is O=S1Nc2ccccc2C(NCCCC2OCCCO2)c2ccc(Cl)cc21. The third-order valence-electron chi connectivity index (χ3n) is 4.82. The molecule has 0 aliphatic carbocycles. The number of nitrogens with one attached hydrogen (secondary N) is 2. The van der Waals surface area contributed by atoms with E-state index in [1.54, 1.807) is 6.07 Å². The maximum atomic E-state index is 12.8. The van der Waals surface area contributed by atoms with Crippen LogP contribution in [0.15, 0.2) is 47.4 Å². The minimum absolute atomic E-state index is 0.0550. The van der Waals surface area contributed by atoms with Crippen molar-refractivity contribution in [3.05, 3.63) is 58.6 Å². The molecule has 0 amide bonds. The molecule has 2 aliphatic rings. The van der Waals surface area contributed by atoms with E-state index < -0.39 is 11.0 Å². The Hall–Kier alpha value is -1.44. The minimum atomic E-state index is -1.35. The maximum absolute atomic E-state index is 12.8. The van der Waals surface area contributed by atoms with Gasteiger partial charge in [0.15, 0.2) is 17.3 Å². The molecule has 0 saturated carbocycles. The molecule has 27 heavy (non-hydrogen) atoms. The van der Waals surface area contributed by atoms with E-state index >= 15 is 0 Å². The van der Waals surface area contributed by atoms with Gasteiger partial charge in [-0.25, -0.2) is 4.21 Å². The lowest BCUT2D eigenvalue weighted by Crippen LogP contribution is -2.28. The zero-order valence-corrected chi connectivity index (χ0v) is 16.5. The first kappa shape index (κ1) is 18.9. The highest BCUT2D eigenvalue weighted by Gasteiger charge is 2.26. The largest absolute Gasteiger partial charge is 0.353 e. The summed E-state index contributed by atoms with van der Waals surface area (Å²) in [5, 5.41) is 4.21. The van der Waals surface area contributed by atoms with Gasteiger partial charge < -0.3 is 19.5 Å². The molecule has 2 unspecified atom stereocenters. The van der Waals surface area contributed by atoms with Gasteiger partial charge in [0.2, 0.25) is 0 Å². The molecule has 2 aromatic carbocycles. The second kappa shape index (κ2) is 8.71. The summed E-state index contributed by atoms with van der Waals surface area (Å²) in [4.78, 5) is 0.718. The number of hydrogen-bond donors (Lipinski definition) is 2. The van der Waals surface area contributed by atoms with Gasteiger partial charge in [0.05, 0.1) is 29.8 Å². The molecule has 2 aromatic rings. The highest BCUT2D eigenvalue weighted by Crippen LogP contribution is 2.36. The van der Waals surface area contributed by atoms with E-state index in [-0.39, 0.29) is 12.3 Å². The third kappa shape index (κ3) is 4.36. The fourth-order valence-corrected chi connectivity index (χ4v) is 4.88. The molecular formula is C20H23ClN2O3S. The van der Waals surface area contributed by atoms with E-state index in [1.165, 1.54) is 0 Å². The van der Waals surface area contributed by atoms with Crippen LogP contribution in [0.1, 0.15) is 36.4 Å². The lowest BCUT2D eigenvalue weighted by Gasteiger charge is -2.24. The molecule has 2 heterocycles. The Labute approximate surface area is 167 Å². The highest BCUT2D eigenvalue weighted by atomic mass is 35.5. The van der Waals surface area contributed by atoms with Crippen molar-refractivity contribution in [2.75, 3.05) is 24.5 Å². The van der Waals surface area contributed by atoms with E-state index in [1.807, 2.05) is 30.3 Å². The van der Waals surface area contributed by atoms with Crippen molar-refractivity contribution in [1.82, 2.24) is 5.32 Å². The van der Waals surface area contributed by atoms with Gasteiger partial charge >= 0.3 is 0 Å². The first-order chi connectivity index (χ1) is 13.2. The van der Waals surface area contributed by atoms with Gasteiger partial charge in [-0.3, -0.25) is 0 Å². The number of para-hydroxylation sites is 1. The molecule has 7 heteroatoms. The van der Waals surface area contributed by atoms with Crippen LogP contribution in [0.5, 0.6) is 0 Å². The normalized spacial score (nSPS) is 22.4. The monoisotopic (exact) mass is 406 g/mol. The van der Waals surface area contributed by atoms with Crippen LogP contribution in [-0.2, 0) is 20.5 Å². The Morgan fingerprint density at radius 2 is 1.96 bits per heavy atom. The number of benzene rings is 2. The van der Waals surface area contributed by atoms with Gasteiger partial charge in [0, 0.05) is 5.02 Å². The molecule has 5 nitrogen and oxygen atoms in total. The van der Waals surface area contributed by atoms with Crippen molar-refractivity contribution in [1.29, 1.82) is 0 Å². The van der Waals surface area contributed by atoms with E-state index in [2.05, 4.69) is 16.1 Å². The van der Waals surface area contributed by atoms with E-state index in [4.69, 9.17) is 21.1 Å². The summed E-state index contributed by atoms with van der Waals surface area (Å²) in [6.45, 7) is 2.36. The van der Waals surface area contributed by atoms with E-state index in [0.717, 1.165) is 60.7 Å². The molecule has 0 aromatic heterocycles. The lowest BCUT2D eigenvalue weighted by molar-refractivity contribution is -0.181. The van der Waals surface area contributed by atoms with Crippen LogP contribution in [-0.4, -0.2) is 30.3 Å². The number of rotatable bonds is 5. The van der Waals surface area contributed by atoms with Crippen LogP contribution < -0.4 is 10.0 Å². The molecule has 0 bridgehead atoms. The molecule has 0 spiro atoms.